The number of fused-ring (bicyclic) bond motifs is 1. The van der Waals surface area contributed by atoms with Crippen molar-refractivity contribution in [3.05, 3.63) is 23.8 Å². The zero-order valence-electron chi connectivity index (χ0n) is 9.58. The Morgan fingerprint density at radius 3 is 2.87 bits per heavy atom. The largest absolute Gasteiger partial charge is 0.486 e. The van der Waals surface area contributed by atoms with Crippen molar-refractivity contribution in [2.75, 3.05) is 6.61 Å². The molecule has 1 aliphatic rings. The van der Waals surface area contributed by atoms with Crippen LogP contribution in [0.5, 0.6) is 5.75 Å². The molecule has 0 saturated heterocycles. The van der Waals surface area contributed by atoms with E-state index >= 15 is 0 Å². The maximum absolute atomic E-state index is 5.46. The minimum Gasteiger partial charge on any atom is -0.486 e. The Morgan fingerprint density at radius 1 is 1.33 bits per heavy atom. The fraction of sp³-hybridized carbons (Fsp3) is 0.462. The van der Waals surface area contributed by atoms with Gasteiger partial charge in [0.25, 0.3) is 0 Å². The second kappa shape index (κ2) is 3.69. The second-order valence-corrected chi connectivity index (χ2v) is 5.16. The number of benzene rings is 1. The number of ether oxygens (including phenoxy) is 1. The van der Waals surface area contributed by atoms with Gasteiger partial charge >= 0.3 is 0 Å². The molecule has 0 bridgehead atoms. The summed E-state index contributed by atoms with van der Waals surface area (Å²) in [5.74, 6) is 0.898. The molecule has 2 heteroatoms. The number of aliphatic imine (C=N–C) groups is 1. The summed E-state index contributed by atoms with van der Waals surface area (Å²) in [6, 6.07) is 6.27. The van der Waals surface area contributed by atoms with Gasteiger partial charge in [0.15, 0.2) is 0 Å². The molecule has 0 aromatic heterocycles. The Morgan fingerprint density at radius 2 is 2.13 bits per heavy atom. The first kappa shape index (κ1) is 10.2. The van der Waals surface area contributed by atoms with Gasteiger partial charge in [-0.15, -0.1) is 0 Å². The average Bonchev–Trinajstić information content (AvgIpc) is 2.15. The molecule has 2 rings (SSSR count). The maximum Gasteiger partial charge on any atom is 0.145 e. The van der Waals surface area contributed by atoms with Crippen LogP contribution >= 0.6 is 0 Å². The molecule has 1 aromatic carbocycles. The quantitative estimate of drug-likeness (QED) is 0.685. The summed E-state index contributed by atoms with van der Waals surface area (Å²) in [6.45, 7) is 7.32. The van der Waals surface area contributed by atoms with E-state index in [9.17, 15) is 0 Å². The maximum atomic E-state index is 5.46. The first-order chi connectivity index (χ1) is 7.04. The third-order valence-electron chi connectivity index (χ3n) is 2.30. The molecular weight excluding hydrogens is 186 g/mol. The van der Waals surface area contributed by atoms with Crippen molar-refractivity contribution in [2.45, 2.75) is 27.2 Å². The zero-order valence-corrected chi connectivity index (χ0v) is 9.58. The monoisotopic (exact) mass is 203 g/mol. The molecule has 80 valence electrons. The summed E-state index contributed by atoms with van der Waals surface area (Å²) < 4.78 is 5.46. The fourth-order valence-electron chi connectivity index (χ4n) is 1.77. The Labute approximate surface area is 91.0 Å². The van der Waals surface area contributed by atoms with Gasteiger partial charge in [0.05, 0.1) is 0 Å². The van der Waals surface area contributed by atoms with E-state index in [0.29, 0.717) is 12.0 Å². The molecule has 0 atom stereocenters. The third-order valence-corrected chi connectivity index (χ3v) is 2.30. The normalized spacial score (nSPS) is 14.6. The lowest BCUT2D eigenvalue weighted by Crippen LogP contribution is -2.09. The minimum atomic E-state index is 0.313. The predicted molar refractivity (Wildman–Crippen MR) is 63.2 cm³/mol. The van der Waals surface area contributed by atoms with Crippen LogP contribution in [-0.2, 0) is 6.42 Å². The highest BCUT2D eigenvalue weighted by Crippen LogP contribution is 2.32. The van der Waals surface area contributed by atoms with Crippen molar-refractivity contribution in [3.63, 3.8) is 0 Å². The van der Waals surface area contributed by atoms with Gasteiger partial charge in [-0.3, -0.25) is 4.99 Å². The van der Waals surface area contributed by atoms with E-state index in [2.05, 4.69) is 37.9 Å². The van der Waals surface area contributed by atoms with Gasteiger partial charge < -0.3 is 4.74 Å². The van der Waals surface area contributed by atoms with Crippen LogP contribution in [0, 0.1) is 5.41 Å². The molecular formula is C13H17NO. The van der Waals surface area contributed by atoms with Crippen molar-refractivity contribution in [2.24, 2.45) is 10.4 Å². The van der Waals surface area contributed by atoms with Gasteiger partial charge in [0.2, 0.25) is 0 Å². The molecule has 0 saturated carbocycles. The molecule has 1 heterocycles. The van der Waals surface area contributed by atoms with E-state index in [-0.39, 0.29) is 0 Å². The minimum absolute atomic E-state index is 0.313. The van der Waals surface area contributed by atoms with Crippen LogP contribution < -0.4 is 4.74 Å². The molecule has 0 amide bonds. The number of hydrogen-bond acceptors (Lipinski definition) is 2. The van der Waals surface area contributed by atoms with Crippen LogP contribution in [0.25, 0.3) is 0 Å². The lowest BCUT2D eigenvalue weighted by atomic mass is 9.88. The van der Waals surface area contributed by atoms with Gasteiger partial charge in [-0.2, -0.15) is 0 Å². The second-order valence-electron chi connectivity index (χ2n) is 5.16. The van der Waals surface area contributed by atoms with Gasteiger partial charge in [-0.1, -0.05) is 26.8 Å². The summed E-state index contributed by atoms with van der Waals surface area (Å²) in [6.07, 6.45) is 2.87. The molecule has 1 aliphatic heterocycles. The summed E-state index contributed by atoms with van der Waals surface area (Å²) in [4.78, 5) is 4.33. The fourth-order valence-corrected chi connectivity index (χ4v) is 1.77. The van der Waals surface area contributed by atoms with Crippen molar-refractivity contribution >= 4 is 11.9 Å². The van der Waals surface area contributed by atoms with Crippen molar-refractivity contribution in [1.82, 2.24) is 0 Å². The SMILES string of the molecule is CC(C)(C)Cc1ccc2c(c1)N=CCO2. The molecule has 2 nitrogen and oxygen atoms in total. The van der Waals surface area contributed by atoms with Crippen molar-refractivity contribution in [3.8, 4) is 5.75 Å². The Balaban J connectivity index is 2.26. The predicted octanol–water partition coefficient (Wildman–Crippen LogP) is 3.37. The molecule has 0 N–H and O–H groups in total. The standard InChI is InChI=1S/C13H17NO/c1-13(2,3)9-10-4-5-12-11(8-10)14-6-7-15-12/h4-6,8H,7,9H2,1-3H3. The summed E-state index contributed by atoms with van der Waals surface area (Å²) in [5, 5.41) is 0. The highest BCUT2D eigenvalue weighted by molar-refractivity contribution is 5.71. The van der Waals surface area contributed by atoms with E-state index in [4.69, 9.17) is 4.74 Å². The Bertz CT molecular complexity index is 388. The van der Waals surface area contributed by atoms with E-state index in [1.54, 1.807) is 0 Å². The van der Waals surface area contributed by atoms with E-state index < -0.39 is 0 Å². The lowest BCUT2D eigenvalue weighted by molar-refractivity contribution is 0.376. The van der Waals surface area contributed by atoms with Crippen LogP contribution in [0.15, 0.2) is 23.2 Å². The number of rotatable bonds is 1. The van der Waals surface area contributed by atoms with E-state index in [1.807, 2.05) is 12.3 Å². The molecule has 0 fully saturated rings. The zero-order chi connectivity index (χ0) is 10.9. The molecule has 0 aliphatic carbocycles. The van der Waals surface area contributed by atoms with Gasteiger partial charge in [0, 0.05) is 6.21 Å². The summed E-state index contributed by atoms with van der Waals surface area (Å²) in [5.41, 5.74) is 2.60. The molecule has 0 spiro atoms. The average molecular weight is 203 g/mol. The number of nitrogens with zero attached hydrogens (tertiary/aromatic N) is 1. The van der Waals surface area contributed by atoms with Crippen LogP contribution in [0.1, 0.15) is 26.3 Å². The van der Waals surface area contributed by atoms with Crippen LogP contribution in [0.2, 0.25) is 0 Å². The van der Waals surface area contributed by atoms with Crippen molar-refractivity contribution < 1.29 is 4.74 Å². The van der Waals surface area contributed by atoms with Gasteiger partial charge in [-0.05, 0) is 29.5 Å². The van der Waals surface area contributed by atoms with Crippen LogP contribution in [0.4, 0.5) is 5.69 Å². The van der Waals surface area contributed by atoms with E-state index in [1.165, 1.54) is 5.56 Å². The van der Waals surface area contributed by atoms with Crippen LogP contribution in [-0.4, -0.2) is 12.8 Å². The third kappa shape index (κ3) is 2.58. The highest BCUT2D eigenvalue weighted by atomic mass is 16.5. The summed E-state index contributed by atoms with van der Waals surface area (Å²) >= 11 is 0. The molecule has 1 aromatic rings. The topological polar surface area (TPSA) is 21.6 Å². The lowest BCUT2D eigenvalue weighted by Gasteiger charge is -2.19. The molecule has 15 heavy (non-hydrogen) atoms. The Kier molecular flexibility index (Phi) is 2.51. The first-order valence-electron chi connectivity index (χ1n) is 5.33. The first-order valence-corrected chi connectivity index (χ1v) is 5.33. The number of hydrogen-bond donors (Lipinski definition) is 0. The smallest absolute Gasteiger partial charge is 0.145 e. The molecule has 0 radical (unpaired) electrons. The van der Waals surface area contributed by atoms with E-state index in [0.717, 1.165) is 17.9 Å². The van der Waals surface area contributed by atoms with Gasteiger partial charge in [-0.25, -0.2) is 0 Å². The highest BCUT2D eigenvalue weighted by Gasteiger charge is 2.13. The van der Waals surface area contributed by atoms with Crippen molar-refractivity contribution in [1.29, 1.82) is 0 Å². The van der Waals surface area contributed by atoms with Crippen LogP contribution in [0.3, 0.4) is 0 Å². The molecule has 0 unspecified atom stereocenters. The van der Waals surface area contributed by atoms with Gasteiger partial charge in [0.1, 0.15) is 18.0 Å². The summed E-state index contributed by atoms with van der Waals surface area (Å²) in [7, 11) is 0. The Hall–Kier alpha value is -1.31.